The summed E-state index contributed by atoms with van der Waals surface area (Å²) in [7, 11) is -2.59. The highest BCUT2D eigenvalue weighted by molar-refractivity contribution is 7.89. The van der Waals surface area contributed by atoms with Gasteiger partial charge in [-0.15, -0.1) is 0 Å². The largest absolute Gasteiger partial charge is 0.497 e. The van der Waals surface area contributed by atoms with E-state index in [2.05, 4.69) is 5.32 Å². The molecule has 1 saturated heterocycles. The van der Waals surface area contributed by atoms with E-state index in [1.807, 2.05) is 6.92 Å². The van der Waals surface area contributed by atoms with Crippen LogP contribution in [0.3, 0.4) is 0 Å². The molecular formula is C18H28N4O6S. The quantitative estimate of drug-likeness (QED) is 0.318. The molecule has 1 aliphatic heterocycles. The summed E-state index contributed by atoms with van der Waals surface area (Å²) in [5.74, 6) is -0.773. The summed E-state index contributed by atoms with van der Waals surface area (Å²) in [6.07, 6.45) is 2.24. The molecule has 3 atom stereocenters. The Morgan fingerprint density at radius 3 is 2.55 bits per heavy atom. The highest BCUT2D eigenvalue weighted by Crippen LogP contribution is 2.27. The lowest BCUT2D eigenvalue weighted by Crippen LogP contribution is -2.46. The Kier molecular flexibility index (Phi) is 7.96. The molecule has 0 spiro atoms. The first kappa shape index (κ1) is 23.1. The number of ether oxygens (including phenoxy) is 1. The second kappa shape index (κ2) is 10.0. The Hall–Kier alpha value is -2.21. The van der Waals surface area contributed by atoms with Crippen LogP contribution in [0.1, 0.15) is 32.6 Å². The van der Waals surface area contributed by atoms with Crippen LogP contribution in [-0.4, -0.2) is 61.5 Å². The van der Waals surface area contributed by atoms with Gasteiger partial charge in [-0.25, -0.2) is 13.9 Å². The van der Waals surface area contributed by atoms with Crippen molar-refractivity contribution < 1.29 is 28.0 Å². The van der Waals surface area contributed by atoms with E-state index in [-0.39, 0.29) is 17.9 Å². The topological polar surface area (TPSA) is 151 Å². The zero-order chi connectivity index (χ0) is 21.6. The van der Waals surface area contributed by atoms with Crippen molar-refractivity contribution in [1.82, 2.24) is 15.1 Å². The van der Waals surface area contributed by atoms with Crippen LogP contribution in [0.2, 0.25) is 0 Å². The highest BCUT2D eigenvalue weighted by atomic mass is 32.2. The first-order valence-electron chi connectivity index (χ1n) is 9.40. The molecule has 0 saturated carbocycles. The Morgan fingerprint density at radius 2 is 2.00 bits per heavy atom. The van der Waals surface area contributed by atoms with Crippen molar-refractivity contribution in [3.63, 3.8) is 0 Å². The first-order valence-corrected chi connectivity index (χ1v) is 10.8. The van der Waals surface area contributed by atoms with E-state index in [0.29, 0.717) is 12.2 Å². The van der Waals surface area contributed by atoms with E-state index in [4.69, 9.17) is 15.7 Å². The lowest BCUT2D eigenvalue weighted by molar-refractivity contribution is -0.132. The standard InChI is InChI=1S/C18H28N4O6S/c1-3-4-5-15(19)17(23)20-12-10-16(18(24)21-25)22(11-12)29(26,27)14-8-6-13(28-2)7-9-14/h6-9,12,15-16,25H,3-5,10-11,19H2,1-2H3,(H,20,23)(H,21,24)/t12-,15+,16-/m1/s1. The van der Waals surface area contributed by atoms with Crippen LogP contribution in [0, 0.1) is 0 Å². The summed E-state index contributed by atoms with van der Waals surface area (Å²) in [4.78, 5) is 24.3. The van der Waals surface area contributed by atoms with Crippen LogP contribution in [0.25, 0.3) is 0 Å². The Bertz CT molecular complexity index is 814. The van der Waals surface area contributed by atoms with Crippen LogP contribution in [0.15, 0.2) is 29.2 Å². The third-order valence-corrected chi connectivity index (χ3v) is 6.78. The minimum atomic E-state index is -4.05. The molecule has 1 aliphatic rings. The molecule has 1 aromatic carbocycles. The number of carbonyl (C=O) groups is 2. The lowest BCUT2D eigenvalue weighted by Gasteiger charge is -2.22. The van der Waals surface area contributed by atoms with Crippen molar-refractivity contribution in [3.8, 4) is 5.75 Å². The van der Waals surface area contributed by atoms with E-state index in [1.54, 1.807) is 0 Å². The number of methoxy groups -OCH3 is 1. The number of rotatable bonds is 9. The van der Waals surface area contributed by atoms with Gasteiger partial charge >= 0.3 is 0 Å². The predicted octanol–water partition coefficient (Wildman–Crippen LogP) is -0.0341. The van der Waals surface area contributed by atoms with Crippen molar-refractivity contribution in [3.05, 3.63) is 24.3 Å². The van der Waals surface area contributed by atoms with E-state index in [0.717, 1.165) is 17.1 Å². The van der Waals surface area contributed by atoms with Gasteiger partial charge in [0.25, 0.3) is 5.91 Å². The minimum Gasteiger partial charge on any atom is -0.497 e. The van der Waals surface area contributed by atoms with Crippen LogP contribution in [-0.2, 0) is 19.6 Å². The maximum atomic E-state index is 13.1. The van der Waals surface area contributed by atoms with Crippen LogP contribution in [0.5, 0.6) is 5.75 Å². The normalized spacial score (nSPS) is 20.8. The van der Waals surface area contributed by atoms with Crippen molar-refractivity contribution in [2.24, 2.45) is 5.73 Å². The molecule has 1 fully saturated rings. The summed E-state index contributed by atoms with van der Waals surface area (Å²) in [5.41, 5.74) is 7.37. The smallest absolute Gasteiger partial charge is 0.261 e. The number of sulfonamides is 1. The fraction of sp³-hybridized carbons (Fsp3) is 0.556. The molecule has 0 aliphatic carbocycles. The Labute approximate surface area is 170 Å². The lowest BCUT2D eigenvalue weighted by atomic mass is 10.1. The molecule has 0 unspecified atom stereocenters. The molecule has 29 heavy (non-hydrogen) atoms. The molecule has 1 aromatic rings. The van der Waals surface area contributed by atoms with E-state index < -0.39 is 40.0 Å². The van der Waals surface area contributed by atoms with Crippen LogP contribution >= 0.6 is 0 Å². The SMILES string of the molecule is CCCC[C@H](N)C(=O)N[C@@H]1C[C@H](C(=O)NO)N(S(=O)(=O)c2ccc(OC)cc2)C1. The van der Waals surface area contributed by atoms with Gasteiger partial charge in [0.15, 0.2) is 0 Å². The summed E-state index contributed by atoms with van der Waals surface area (Å²) >= 11 is 0. The van der Waals surface area contributed by atoms with Gasteiger partial charge < -0.3 is 15.8 Å². The number of hydrogen-bond donors (Lipinski definition) is 4. The summed E-state index contributed by atoms with van der Waals surface area (Å²) in [6.45, 7) is 1.88. The van der Waals surface area contributed by atoms with Crippen molar-refractivity contribution >= 4 is 21.8 Å². The number of hydroxylamine groups is 1. The molecule has 0 aromatic heterocycles. The molecule has 162 valence electrons. The van der Waals surface area contributed by atoms with Gasteiger partial charge in [-0.3, -0.25) is 14.8 Å². The second-order valence-corrected chi connectivity index (χ2v) is 8.82. The fourth-order valence-electron chi connectivity index (χ4n) is 3.24. The number of nitrogens with two attached hydrogens (primary N) is 1. The summed E-state index contributed by atoms with van der Waals surface area (Å²) in [6, 6.07) is 3.26. The van der Waals surface area contributed by atoms with Gasteiger partial charge in [0.1, 0.15) is 11.8 Å². The Balaban J connectivity index is 2.20. The van der Waals surface area contributed by atoms with Crippen molar-refractivity contribution in [2.75, 3.05) is 13.7 Å². The number of nitrogens with zero attached hydrogens (tertiary/aromatic N) is 1. The molecule has 10 nitrogen and oxygen atoms in total. The van der Waals surface area contributed by atoms with E-state index in [9.17, 15) is 18.0 Å². The predicted molar refractivity (Wildman–Crippen MR) is 105 cm³/mol. The molecular weight excluding hydrogens is 400 g/mol. The number of unbranched alkanes of at least 4 members (excludes halogenated alkanes) is 1. The number of nitrogens with one attached hydrogen (secondary N) is 2. The van der Waals surface area contributed by atoms with Crippen molar-refractivity contribution in [2.45, 2.75) is 55.6 Å². The summed E-state index contributed by atoms with van der Waals surface area (Å²) in [5, 5.41) is 11.7. The highest BCUT2D eigenvalue weighted by Gasteiger charge is 2.44. The average Bonchev–Trinajstić information content (AvgIpc) is 3.15. The van der Waals surface area contributed by atoms with E-state index in [1.165, 1.54) is 36.9 Å². The average molecular weight is 429 g/mol. The fourth-order valence-corrected chi connectivity index (χ4v) is 4.88. The third-order valence-electron chi connectivity index (χ3n) is 4.89. The van der Waals surface area contributed by atoms with Gasteiger partial charge in [-0.05, 0) is 37.1 Å². The zero-order valence-corrected chi connectivity index (χ0v) is 17.3. The number of hydrogen-bond acceptors (Lipinski definition) is 7. The van der Waals surface area contributed by atoms with Gasteiger partial charge in [0, 0.05) is 12.6 Å². The Morgan fingerprint density at radius 1 is 1.34 bits per heavy atom. The van der Waals surface area contributed by atoms with Gasteiger partial charge in [-0.1, -0.05) is 19.8 Å². The molecule has 0 bridgehead atoms. The maximum absolute atomic E-state index is 13.1. The van der Waals surface area contributed by atoms with Gasteiger partial charge in [0.2, 0.25) is 15.9 Å². The van der Waals surface area contributed by atoms with Crippen LogP contribution < -0.4 is 21.3 Å². The molecule has 2 rings (SSSR count). The molecule has 5 N–H and O–H groups in total. The second-order valence-electron chi connectivity index (χ2n) is 6.93. The third kappa shape index (κ3) is 5.44. The first-order chi connectivity index (χ1) is 13.7. The van der Waals surface area contributed by atoms with Crippen molar-refractivity contribution in [1.29, 1.82) is 0 Å². The van der Waals surface area contributed by atoms with Gasteiger partial charge in [-0.2, -0.15) is 4.31 Å². The van der Waals surface area contributed by atoms with Crippen LogP contribution in [0.4, 0.5) is 0 Å². The van der Waals surface area contributed by atoms with E-state index >= 15 is 0 Å². The monoisotopic (exact) mass is 428 g/mol. The number of carbonyl (C=O) groups excluding carboxylic acids is 2. The maximum Gasteiger partial charge on any atom is 0.261 e. The number of amides is 2. The molecule has 1 heterocycles. The minimum absolute atomic E-state index is 0.0218. The molecule has 11 heteroatoms. The zero-order valence-electron chi connectivity index (χ0n) is 16.5. The summed E-state index contributed by atoms with van der Waals surface area (Å²) < 4.78 is 32.1. The number of benzene rings is 1. The molecule has 2 amide bonds. The van der Waals surface area contributed by atoms with Gasteiger partial charge in [0.05, 0.1) is 18.0 Å². The molecule has 0 radical (unpaired) electrons.